The summed E-state index contributed by atoms with van der Waals surface area (Å²) in [6.45, 7) is 0. The lowest BCUT2D eigenvalue weighted by atomic mass is 10.0. The predicted octanol–water partition coefficient (Wildman–Crippen LogP) is 2.89. The number of benzene rings is 1. The number of hydrogen-bond donors (Lipinski definition) is 1. The topological polar surface area (TPSA) is 70.3 Å². The minimum Gasteiger partial charge on any atom is -0.478 e. The van der Waals surface area contributed by atoms with Crippen LogP contribution in [-0.4, -0.2) is 17.4 Å². The number of rotatable bonds is 3. The molecule has 0 radical (unpaired) electrons. The van der Waals surface area contributed by atoms with Gasteiger partial charge in [-0.05, 0) is 12.1 Å². The standard InChI is InChI=1S/C10H5ClF3NO3/c11-3-6-5(9(16)17)1-2-8(7(6)4-15)18-10(12,13)14/h1-2H,3H2,(H,16,17). The molecule has 1 aromatic rings. The number of aromatic carboxylic acids is 1. The number of carboxylic acids is 1. The van der Waals surface area contributed by atoms with E-state index in [1.807, 2.05) is 0 Å². The van der Waals surface area contributed by atoms with Gasteiger partial charge in [0.2, 0.25) is 0 Å². The van der Waals surface area contributed by atoms with E-state index >= 15 is 0 Å². The van der Waals surface area contributed by atoms with Gasteiger partial charge >= 0.3 is 12.3 Å². The summed E-state index contributed by atoms with van der Waals surface area (Å²) in [4.78, 5) is 10.8. The van der Waals surface area contributed by atoms with Gasteiger partial charge in [-0.15, -0.1) is 24.8 Å². The van der Waals surface area contributed by atoms with E-state index in [4.69, 9.17) is 22.0 Å². The van der Waals surface area contributed by atoms with Crippen LogP contribution in [0.5, 0.6) is 5.75 Å². The molecule has 18 heavy (non-hydrogen) atoms. The summed E-state index contributed by atoms with van der Waals surface area (Å²) in [5.41, 5.74) is -1.09. The molecule has 0 bridgehead atoms. The van der Waals surface area contributed by atoms with Crippen molar-refractivity contribution in [3.8, 4) is 11.8 Å². The second-order valence-electron chi connectivity index (χ2n) is 3.06. The van der Waals surface area contributed by atoms with Crippen molar-refractivity contribution in [1.82, 2.24) is 0 Å². The van der Waals surface area contributed by atoms with Crippen LogP contribution in [0.3, 0.4) is 0 Å². The summed E-state index contributed by atoms with van der Waals surface area (Å²) in [6.07, 6.45) is -4.97. The molecule has 0 heterocycles. The minimum atomic E-state index is -4.97. The summed E-state index contributed by atoms with van der Waals surface area (Å²) in [5, 5.41) is 17.6. The Balaban J connectivity index is 3.41. The number of nitriles is 1. The van der Waals surface area contributed by atoms with Gasteiger partial charge in [-0.25, -0.2) is 4.79 Å². The van der Waals surface area contributed by atoms with Crippen molar-refractivity contribution < 1.29 is 27.8 Å². The molecular weight excluding hydrogens is 275 g/mol. The number of hydrogen-bond acceptors (Lipinski definition) is 3. The van der Waals surface area contributed by atoms with Crippen LogP contribution in [0.25, 0.3) is 0 Å². The summed E-state index contributed by atoms with van der Waals surface area (Å²) >= 11 is 5.45. The van der Waals surface area contributed by atoms with E-state index in [-0.39, 0.29) is 11.1 Å². The molecule has 1 aromatic carbocycles. The maximum absolute atomic E-state index is 12.1. The maximum Gasteiger partial charge on any atom is 0.573 e. The fourth-order valence-corrected chi connectivity index (χ4v) is 1.58. The lowest BCUT2D eigenvalue weighted by Gasteiger charge is -2.13. The maximum atomic E-state index is 12.1. The molecule has 0 aliphatic heterocycles. The zero-order chi connectivity index (χ0) is 13.9. The first-order chi connectivity index (χ1) is 8.30. The summed E-state index contributed by atoms with van der Waals surface area (Å²) in [6, 6.07) is 3.13. The second-order valence-corrected chi connectivity index (χ2v) is 3.33. The molecule has 0 unspecified atom stereocenters. The molecule has 0 amide bonds. The van der Waals surface area contributed by atoms with Gasteiger partial charge < -0.3 is 9.84 Å². The van der Waals surface area contributed by atoms with E-state index in [0.29, 0.717) is 0 Å². The number of ether oxygens (including phenoxy) is 1. The van der Waals surface area contributed by atoms with Crippen molar-refractivity contribution in [1.29, 1.82) is 5.26 Å². The zero-order valence-electron chi connectivity index (χ0n) is 8.58. The lowest BCUT2D eigenvalue weighted by Crippen LogP contribution is -2.18. The van der Waals surface area contributed by atoms with Crippen LogP contribution >= 0.6 is 11.6 Å². The van der Waals surface area contributed by atoms with Crippen molar-refractivity contribution in [2.24, 2.45) is 0 Å². The molecule has 0 aliphatic carbocycles. The van der Waals surface area contributed by atoms with Crippen LogP contribution < -0.4 is 4.74 Å². The third-order valence-electron chi connectivity index (χ3n) is 1.98. The first-order valence-electron chi connectivity index (χ1n) is 4.41. The van der Waals surface area contributed by atoms with Crippen molar-refractivity contribution in [2.45, 2.75) is 12.2 Å². The van der Waals surface area contributed by atoms with Crippen molar-refractivity contribution in [3.05, 3.63) is 28.8 Å². The minimum absolute atomic E-state index is 0.214. The molecule has 0 atom stereocenters. The van der Waals surface area contributed by atoms with Gasteiger partial charge in [-0.2, -0.15) is 5.26 Å². The van der Waals surface area contributed by atoms with Crippen LogP contribution in [0.1, 0.15) is 21.5 Å². The number of carbonyl (C=O) groups is 1. The highest BCUT2D eigenvalue weighted by Gasteiger charge is 2.33. The third kappa shape index (κ3) is 3.05. The SMILES string of the molecule is N#Cc1c(OC(F)(F)F)ccc(C(=O)O)c1CCl. The van der Waals surface area contributed by atoms with Gasteiger partial charge in [0.1, 0.15) is 11.8 Å². The van der Waals surface area contributed by atoms with Crippen LogP contribution in [0.2, 0.25) is 0 Å². The smallest absolute Gasteiger partial charge is 0.478 e. The fraction of sp³-hybridized carbons (Fsp3) is 0.200. The van der Waals surface area contributed by atoms with E-state index in [0.717, 1.165) is 12.1 Å². The Bertz CT molecular complexity index is 522. The Hall–Kier alpha value is -1.94. The molecule has 0 aliphatic rings. The number of nitrogens with zero attached hydrogens (tertiary/aromatic N) is 1. The Labute approximate surface area is 104 Å². The molecular formula is C10H5ClF3NO3. The average Bonchev–Trinajstić information content (AvgIpc) is 2.25. The Morgan fingerprint density at radius 1 is 1.50 bits per heavy atom. The quantitative estimate of drug-likeness (QED) is 0.864. The van der Waals surface area contributed by atoms with Gasteiger partial charge in [0.25, 0.3) is 0 Å². The Kier molecular flexibility index (Phi) is 4.03. The number of carboxylic acid groups (broad SMARTS) is 1. The van der Waals surface area contributed by atoms with Gasteiger partial charge in [-0.1, -0.05) is 0 Å². The lowest BCUT2D eigenvalue weighted by molar-refractivity contribution is -0.274. The first-order valence-corrected chi connectivity index (χ1v) is 4.94. The van der Waals surface area contributed by atoms with Crippen LogP contribution in [-0.2, 0) is 5.88 Å². The summed E-state index contributed by atoms with van der Waals surface area (Å²) in [7, 11) is 0. The summed E-state index contributed by atoms with van der Waals surface area (Å²) < 4.78 is 39.8. The highest BCUT2D eigenvalue weighted by atomic mass is 35.5. The number of halogens is 4. The number of alkyl halides is 4. The Morgan fingerprint density at radius 2 is 2.11 bits per heavy atom. The first kappa shape index (κ1) is 14.1. The fourth-order valence-electron chi connectivity index (χ4n) is 1.30. The normalized spacial score (nSPS) is 10.8. The molecule has 1 N–H and O–H groups in total. The van der Waals surface area contributed by atoms with Crippen molar-refractivity contribution in [3.63, 3.8) is 0 Å². The molecule has 4 nitrogen and oxygen atoms in total. The van der Waals surface area contributed by atoms with E-state index in [1.54, 1.807) is 0 Å². The van der Waals surface area contributed by atoms with E-state index in [9.17, 15) is 18.0 Å². The van der Waals surface area contributed by atoms with Crippen LogP contribution in [0.15, 0.2) is 12.1 Å². The van der Waals surface area contributed by atoms with E-state index < -0.39 is 29.5 Å². The van der Waals surface area contributed by atoms with Crippen LogP contribution in [0.4, 0.5) is 13.2 Å². The molecule has 0 aromatic heterocycles. The molecule has 0 saturated heterocycles. The van der Waals surface area contributed by atoms with Crippen molar-refractivity contribution in [2.75, 3.05) is 0 Å². The van der Waals surface area contributed by atoms with Gasteiger partial charge in [0, 0.05) is 11.4 Å². The monoisotopic (exact) mass is 279 g/mol. The van der Waals surface area contributed by atoms with Crippen LogP contribution in [0, 0.1) is 11.3 Å². The molecule has 1 rings (SSSR count). The molecule has 8 heteroatoms. The van der Waals surface area contributed by atoms with E-state index in [1.165, 1.54) is 6.07 Å². The molecule has 0 fully saturated rings. The third-order valence-corrected chi connectivity index (χ3v) is 2.24. The van der Waals surface area contributed by atoms with Gasteiger partial charge in [0.15, 0.2) is 0 Å². The van der Waals surface area contributed by atoms with Crippen molar-refractivity contribution >= 4 is 17.6 Å². The highest BCUT2D eigenvalue weighted by Crippen LogP contribution is 2.30. The van der Waals surface area contributed by atoms with Gasteiger partial charge in [-0.3, -0.25) is 0 Å². The summed E-state index contributed by atoms with van der Waals surface area (Å²) in [5.74, 6) is -2.58. The Morgan fingerprint density at radius 3 is 2.50 bits per heavy atom. The highest BCUT2D eigenvalue weighted by molar-refractivity contribution is 6.18. The molecule has 0 saturated carbocycles. The van der Waals surface area contributed by atoms with Gasteiger partial charge in [0.05, 0.1) is 11.1 Å². The predicted molar refractivity (Wildman–Crippen MR) is 54.4 cm³/mol. The largest absolute Gasteiger partial charge is 0.573 e. The van der Waals surface area contributed by atoms with E-state index in [2.05, 4.69) is 4.74 Å². The zero-order valence-corrected chi connectivity index (χ0v) is 9.34. The second kappa shape index (κ2) is 5.14. The molecule has 96 valence electrons. The average molecular weight is 280 g/mol. The molecule has 0 spiro atoms.